The number of ether oxygens (including phenoxy) is 1. The van der Waals surface area contributed by atoms with Crippen molar-refractivity contribution in [3.63, 3.8) is 0 Å². The van der Waals surface area contributed by atoms with Crippen LogP contribution >= 0.6 is 0 Å². The molecule has 0 bridgehead atoms. The molecule has 1 fully saturated rings. The number of ketones is 1. The topological polar surface area (TPSA) is 35.5 Å². The predicted molar refractivity (Wildman–Crippen MR) is 67.2 cm³/mol. The van der Waals surface area contributed by atoms with Crippen LogP contribution in [0.1, 0.15) is 34.1 Å². The molecule has 0 radical (unpaired) electrons. The summed E-state index contributed by atoms with van der Waals surface area (Å²) in [5.41, 5.74) is 0. The largest absolute Gasteiger partial charge is 0.417 e. The van der Waals surface area contributed by atoms with Crippen molar-refractivity contribution in [1.29, 1.82) is 0 Å². The average molecular weight is 244 g/mol. The minimum atomic E-state index is -1.24. The number of hydrogen-bond donors (Lipinski definition) is 0. The molecule has 1 aliphatic rings. The second-order valence-electron chi connectivity index (χ2n) is 5.94. The molecule has 3 atom stereocenters. The first-order valence-electron chi connectivity index (χ1n) is 6.06. The lowest BCUT2D eigenvalue weighted by atomic mass is 9.99. The summed E-state index contributed by atoms with van der Waals surface area (Å²) in [6.07, 6.45) is 0.327. The van der Waals surface area contributed by atoms with Gasteiger partial charge in [0.2, 0.25) is 0 Å². The fourth-order valence-electron chi connectivity index (χ4n) is 1.53. The van der Waals surface area contributed by atoms with Crippen LogP contribution in [0.15, 0.2) is 0 Å². The van der Waals surface area contributed by atoms with E-state index in [-0.39, 0.29) is 16.9 Å². The van der Waals surface area contributed by atoms with Gasteiger partial charge in [0.25, 0.3) is 0 Å². The number of carbonyl (C=O) groups excluding carboxylic acids is 1. The van der Waals surface area contributed by atoms with Crippen molar-refractivity contribution in [2.45, 2.75) is 51.8 Å². The highest BCUT2D eigenvalue weighted by atomic mass is 28.3. The molecule has 0 amide bonds. The van der Waals surface area contributed by atoms with Crippen LogP contribution in [-0.4, -0.2) is 34.1 Å². The molecule has 0 aliphatic carbocycles. The lowest BCUT2D eigenvalue weighted by Gasteiger charge is -2.30. The van der Waals surface area contributed by atoms with Gasteiger partial charge in [0.15, 0.2) is 14.8 Å². The van der Waals surface area contributed by atoms with Crippen molar-refractivity contribution in [2.75, 3.05) is 13.2 Å². The third kappa shape index (κ3) is 4.00. The zero-order valence-corrected chi connectivity index (χ0v) is 12.2. The van der Waals surface area contributed by atoms with Gasteiger partial charge < -0.3 is 9.16 Å². The van der Waals surface area contributed by atoms with Crippen molar-refractivity contribution in [2.24, 2.45) is 5.92 Å². The molecule has 4 heteroatoms. The summed E-state index contributed by atoms with van der Waals surface area (Å²) < 4.78 is 11.4. The lowest BCUT2D eigenvalue weighted by molar-refractivity contribution is -0.141. The third-order valence-electron chi connectivity index (χ3n) is 3.21. The Kier molecular flexibility index (Phi) is 4.70. The molecular weight excluding hydrogens is 220 g/mol. The van der Waals surface area contributed by atoms with Crippen LogP contribution in [0.4, 0.5) is 0 Å². The van der Waals surface area contributed by atoms with Gasteiger partial charge in [-0.05, 0) is 17.5 Å². The van der Waals surface area contributed by atoms with Crippen molar-refractivity contribution in [1.82, 2.24) is 0 Å². The van der Waals surface area contributed by atoms with E-state index in [2.05, 4.69) is 27.3 Å². The molecule has 1 aliphatic heterocycles. The van der Waals surface area contributed by atoms with Crippen molar-refractivity contribution < 1.29 is 14.0 Å². The highest BCUT2D eigenvalue weighted by Crippen LogP contribution is 2.27. The van der Waals surface area contributed by atoms with Gasteiger partial charge in [-0.2, -0.15) is 0 Å². The second kappa shape index (κ2) is 5.43. The van der Waals surface area contributed by atoms with Gasteiger partial charge in [-0.1, -0.05) is 27.7 Å². The number of hydrogen-bond acceptors (Lipinski definition) is 3. The predicted octanol–water partition coefficient (Wildman–Crippen LogP) is 2.15. The molecule has 0 aromatic heterocycles. The summed E-state index contributed by atoms with van der Waals surface area (Å²) in [6.45, 7) is 11.9. The molecule has 3 nitrogen and oxygen atoms in total. The van der Waals surface area contributed by atoms with E-state index >= 15 is 0 Å². The first kappa shape index (κ1) is 13.9. The molecular formula is C12H24O3Si. The van der Waals surface area contributed by atoms with Crippen LogP contribution in [0.25, 0.3) is 0 Å². The number of carbonyl (C=O) groups is 1. The van der Waals surface area contributed by atoms with Gasteiger partial charge in [-0.25, -0.2) is 0 Å². The van der Waals surface area contributed by atoms with E-state index in [0.717, 1.165) is 0 Å². The Balaban J connectivity index is 2.36. The van der Waals surface area contributed by atoms with Crippen molar-refractivity contribution >= 4 is 14.8 Å². The normalized spacial score (nSPS) is 29.2. The third-order valence-corrected chi connectivity index (χ3v) is 6.34. The lowest BCUT2D eigenvalue weighted by Crippen LogP contribution is -2.39. The summed E-state index contributed by atoms with van der Waals surface area (Å²) in [7, 11) is -1.24. The standard InChI is InChI=1S/C12H24O3Si/c1-9-6-10(13)11(14-7-9)8-15-16(5)12(2,3)4/h9,11,16H,6-8H2,1-5H3/t9-,11?,16?/m1/s1. The maximum absolute atomic E-state index is 11.7. The van der Waals surface area contributed by atoms with Gasteiger partial charge >= 0.3 is 0 Å². The Labute approximate surface area is 100 Å². The first-order valence-corrected chi connectivity index (χ1v) is 8.27. The van der Waals surface area contributed by atoms with E-state index in [9.17, 15) is 4.79 Å². The van der Waals surface area contributed by atoms with Crippen molar-refractivity contribution in [3.8, 4) is 0 Å². The van der Waals surface area contributed by atoms with Crippen LogP contribution in [0.2, 0.25) is 11.6 Å². The summed E-state index contributed by atoms with van der Waals surface area (Å²) >= 11 is 0. The average Bonchev–Trinajstić information content (AvgIpc) is 2.14. The SMILES string of the molecule is C[C@H]1COC(CO[SiH](C)C(C)(C)C)C(=O)C1. The summed E-state index contributed by atoms with van der Waals surface area (Å²) in [5.74, 6) is 0.565. The second-order valence-corrected chi connectivity index (χ2v) is 9.29. The molecule has 94 valence electrons. The van der Waals surface area contributed by atoms with Crippen LogP contribution in [0.3, 0.4) is 0 Å². The maximum atomic E-state index is 11.7. The Hall–Kier alpha value is -0.193. The fraction of sp³-hybridized carbons (Fsp3) is 0.917. The van der Waals surface area contributed by atoms with E-state index in [0.29, 0.717) is 25.6 Å². The first-order chi connectivity index (χ1) is 7.30. The summed E-state index contributed by atoms with van der Waals surface area (Å²) in [4.78, 5) is 11.7. The van der Waals surface area contributed by atoms with Gasteiger partial charge in [0.05, 0.1) is 13.2 Å². The van der Waals surface area contributed by atoms with Crippen LogP contribution < -0.4 is 0 Å². The zero-order valence-electron chi connectivity index (χ0n) is 11.1. The molecule has 1 heterocycles. The molecule has 0 spiro atoms. The Bertz CT molecular complexity index is 247. The molecule has 1 rings (SSSR count). The number of rotatable bonds is 3. The van der Waals surface area contributed by atoms with Gasteiger partial charge in [0, 0.05) is 6.42 Å². The van der Waals surface area contributed by atoms with E-state index < -0.39 is 9.04 Å². The maximum Gasteiger partial charge on any atom is 0.179 e. The van der Waals surface area contributed by atoms with Gasteiger partial charge in [-0.15, -0.1) is 0 Å². The van der Waals surface area contributed by atoms with E-state index in [1.165, 1.54) is 0 Å². The van der Waals surface area contributed by atoms with Crippen LogP contribution in [0, 0.1) is 5.92 Å². The van der Waals surface area contributed by atoms with Gasteiger partial charge in [0.1, 0.15) is 6.10 Å². The summed E-state index contributed by atoms with van der Waals surface area (Å²) in [6, 6.07) is 0. The highest BCUT2D eigenvalue weighted by molar-refractivity contribution is 6.53. The Morgan fingerprint density at radius 3 is 2.62 bits per heavy atom. The minimum absolute atomic E-state index is 0.203. The van der Waals surface area contributed by atoms with Crippen LogP contribution in [-0.2, 0) is 14.0 Å². The summed E-state index contributed by atoms with van der Waals surface area (Å²) in [5, 5.41) is 0.241. The molecule has 2 unspecified atom stereocenters. The number of Topliss-reactive ketones (excluding diaryl/α,β-unsaturated/α-hetero) is 1. The Morgan fingerprint density at radius 1 is 1.50 bits per heavy atom. The molecule has 1 saturated heterocycles. The smallest absolute Gasteiger partial charge is 0.179 e. The van der Waals surface area contributed by atoms with Crippen LogP contribution in [0.5, 0.6) is 0 Å². The molecule has 0 saturated carbocycles. The van der Waals surface area contributed by atoms with Crippen molar-refractivity contribution in [3.05, 3.63) is 0 Å². The van der Waals surface area contributed by atoms with E-state index in [4.69, 9.17) is 9.16 Å². The van der Waals surface area contributed by atoms with E-state index in [1.54, 1.807) is 0 Å². The fourth-order valence-corrected chi connectivity index (χ4v) is 2.49. The zero-order chi connectivity index (χ0) is 12.3. The minimum Gasteiger partial charge on any atom is -0.417 e. The van der Waals surface area contributed by atoms with Gasteiger partial charge in [-0.3, -0.25) is 4.79 Å². The monoisotopic (exact) mass is 244 g/mol. The molecule has 0 aromatic rings. The molecule has 16 heavy (non-hydrogen) atoms. The van der Waals surface area contributed by atoms with E-state index in [1.807, 2.05) is 6.92 Å². The highest BCUT2D eigenvalue weighted by Gasteiger charge is 2.30. The Morgan fingerprint density at radius 2 is 2.12 bits per heavy atom. The quantitative estimate of drug-likeness (QED) is 0.714. The molecule has 0 N–H and O–H groups in total. The molecule has 0 aromatic carbocycles.